The fraction of sp³-hybridized carbons (Fsp3) is 0. The molecule has 0 atom stereocenters. The second-order valence-electron chi connectivity index (χ2n) is 29.5. The van der Waals surface area contributed by atoms with Crippen LogP contribution in [0.5, 0.6) is 0 Å². The van der Waals surface area contributed by atoms with Crippen LogP contribution in [0.3, 0.4) is 0 Å². The van der Waals surface area contributed by atoms with Crippen LogP contribution in [0.15, 0.2) is 437 Å². The van der Waals surface area contributed by atoms with Gasteiger partial charge in [-0.05, 0) is 179 Å². The van der Waals surface area contributed by atoms with E-state index in [1.54, 1.807) is 0 Å². The van der Waals surface area contributed by atoms with Crippen molar-refractivity contribution in [3.05, 3.63) is 437 Å². The predicted molar refractivity (Wildman–Crippen MR) is 482 cm³/mol. The maximum atomic E-state index is 2.44. The highest BCUT2D eigenvalue weighted by Gasteiger charge is 2.22. The van der Waals surface area contributed by atoms with Crippen LogP contribution in [0, 0.1) is 0 Å². The Balaban J connectivity index is 0.000000118. The third-order valence-corrected chi connectivity index (χ3v) is 23.1. The summed E-state index contributed by atoms with van der Waals surface area (Å²) in [4.78, 5) is 0. The van der Waals surface area contributed by atoms with E-state index in [1.165, 1.54) is 181 Å². The van der Waals surface area contributed by atoms with Crippen molar-refractivity contribution in [3.63, 3.8) is 0 Å². The Morgan fingerprint density at radius 3 is 0.386 bits per heavy atom. The maximum Gasteiger partial charge on any atom is 0.0547 e. The highest BCUT2D eigenvalue weighted by Crippen LogP contribution is 2.44. The van der Waals surface area contributed by atoms with Gasteiger partial charge in [-0.3, -0.25) is 0 Å². The molecule has 6 heteroatoms. The first-order chi connectivity index (χ1) is 56.6. The molecule has 0 spiro atoms. The lowest BCUT2D eigenvalue weighted by atomic mass is 10.00. The van der Waals surface area contributed by atoms with Crippen LogP contribution in [-0.2, 0) is 0 Å². The van der Waals surface area contributed by atoms with E-state index in [-0.39, 0.29) is 0 Å². The van der Waals surface area contributed by atoms with Crippen molar-refractivity contribution in [1.82, 2.24) is 27.4 Å². The average Bonchev–Trinajstić information content (AvgIpc) is 1.58. The summed E-state index contributed by atoms with van der Waals surface area (Å²) in [6.07, 6.45) is 0. The number of fused-ring (bicyclic) bond motifs is 18. The highest BCUT2D eigenvalue weighted by molar-refractivity contribution is 6.16. The van der Waals surface area contributed by atoms with E-state index < -0.39 is 0 Å². The van der Waals surface area contributed by atoms with Gasteiger partial charge in [0.25, 0.3) is 0 Å². The molecular formula is C108H72N6. The topological polar surface area (TPSA) is 29.6 Å². The van der Waals surface area contributed by atoms with Crippen LogP contribution in [0.2, 0.25) is 0 Å². The molecule has 0 aliphatic rings. The van der Waals surface area contributed by atoms with E-state index in [2.05, 4.69) is 464 Å². The Morgan fingerprint density at radius 1 is 0.0965 bits per heavy atom. The Hall–Kier alpha value is -15.2. The second kappa shape index (κ2) is 27.4. The summed E-state index contributed by atoms with van der Waals surface area (Å²) in [5.41, 5.74) is 28.9. The minimum atomic E-state index is 1.14. The van der Waals surface area contributed by atoms with Gasteiger partial charge in [-0.15, -0.1) is 0 Å². The van der Waals surface area contributed by atoms with Gasteiger partial charge in [0.15, 0.2) is 0 Å². The van der Waals surface area contributed by atoms with E-state index in [9.17, 15) is 0 Å². The Morgan fingerprint density at radius 2 is 0.219 bits per heavy atom. The van der Waals surface area contributed by atoms with Gasteiger partial charge in [0.2, 0.25) is 0 Å². The first-order valence-corrected chi connectivity index (χ1v) is 39.1. The van der Waals surface area contributed by atoms with Crippen molar-refractivity contribution in [3.8, 4) is 67.5 Å². The number of rotatable bonds is 9. The van der Waals surface area contributed by atoms with Crippen molar-refractivity contribution in [1.29, 1.82) is 0 Å². The zero-order valence-corrected chi connectivity index (χ0v) is 62.3. The monoisotopic (exact) mass is 1450 g/mol. The van der Waals surface area contributed by atoms with E-state index >= 15 is 0 Å². The van der Waals surface area contributed by atoms with Crippen LogP contribution in [0.4, 0.5) is 0 Å². The molecule has 6 nitrogen and oxygen atoms in total. The number of hydrogen-bond donors (Lipinski definition) is 0. The molecule has 24 aromatic rings. The van der Waals surface area contributed by atoms with Crippen molar-refractivity contribution in [2.24, 2.45) is 0 Å². The SMILES string of the molecule is c1ccc(-n2c3ccccc3c3ccc(-c4ccc5c6ccc(-c7ccc8c9ccccc9n(-c9ccccc9)c8c7)cc6n(-c6ccccc6)c5c4)cc32)cc1.c1ccc(-n2c3ccccc3c3ccc(-c4ccc5c6ccccc6n(-c6ccccc6)c5c4)cc32)cc1.c1ccc(-n2c3ccccc3c3ccccc32)cc1. The van der Waals surface area contributed by atoms with Gasteiger partial charge in [0.05, 0.1) is 66.2 Å². The quantitative estimate of drug-likeness (QED) is 0.138. The van der Waals surface area contributed by atoms with Gasteiger partial charge in [-0.1, -0.05) is 291 Å². The third kappa shape index (κ3) is 10.9. The van der Waals surface area contributed by atoms with Gasteiger partial charge in [-0.25, -0.2) is 0 Å². The number of hydrogen-bond acceptors (Lipinski definition) is 0. The van der Waals surface area contributed by atoms with E-state index in [1.807, 2.05) is 0 Å². The van der Waals surface area contributed by atoms with E-state index in [4.69, 9.17) is 0 Å². The van der Waals surface area contributed by atoms with Crippen molar-refractivity contribution in [2.75, 3.05) is 0 Å². The average molecular weight is 1450 g/mol. The molecule has 24 rings (SSSR count). The molecule has 0 aliphatic heterocycles. The lowest BCUT2D eigenvalue weighted by Crippen LogP contribution is -1.94. The Bertz CT molecular complexity index is 7390. The Kier molecular flexibility index (Phi) is 15.8. The zero-order chi connectivity index (χ0) is 75.2. The molecule has 6 aromatic heterocycles. The number of benzene rings is 18. The van der Waals surface area contributed by atoms with Crippen LogP contribution < -0.4 is 0 Å². The molecular weight excluding hydrogens is 1380 g/mol. The first-order valence-electron chi connectivity index (χ1n) is 39.1. The predicted octanol–water partition coefficient (Wildman–Crippen LogP) is 28.6. The minimum Gasteiger partial charge on any atom is -0.309 e. The summed E-state index contributed by atoms with van der Waals surface area (Å²) >= 11 is 0. The van der Waals surface area contributed by atoms with Crippen molar-refractivity contribution >= 4 is 131 Å². The number of nitrogens with zero attached hydrogens (tertiary/aromatic N) is 6. The molecule has 0 unspecified atom stereocenters. The minimum absolute atomic E-state index is 1.14. The first kappa shape index (κ1) is 65.8. The van der Waals surface area contributed by atoms with Gasteiger partial charge >= 0.3 is 0 Å². The van der Waals surface area contributed by atoms with Gasteiger partial charge in [-0.2, -0.15) is 0 Å². The largest absolute Gasteiger partial charge is 0.309 e. The summed E-state index contributed by atoms with van der Waals surface area (Å²) in [5.74, 6) is 0. The van der Waals surface area contributed by atoms with Gasteiger partial charge in [0, 0.05) is 98.8 Å². The van der Waals surface area contributed by atoms with Crippen molar-refractivity contribution in [2.45, 2.75) is 0 Å². The summed E-state index contributed by atoms with van der Waals surface area (Å²) in [6.45, 7) is 0. The Labute approximate surface area is 658 Å². The van der Waals surface area contributed by atoms with E-state index in [0.29, 0.717) is 0 Å². The maximum absolute atomic E-state index is 2.44. The molecule has 0 saturated heterocycles. The molecule has 0 radical (unpaired) electrons. The molecule has 6 heterocycles. The summed E-state index contributed by atoms with van der Waals surface area (Å²) in [6, 6.07) is 158. The second-order valence-corrected chi connectivity index (χ2v) is 29.5. The lowest BCUT2D eigenvalue weighted by molar-refractivity contribution is 1.18. The van der Waals surface area contributed by atoms with Gasteiger partial charge in [0.1, 0.15) is 0 Å². The zero-order valence-electron chi connectivity index (χ0n) is 62.3. The molecule has 0 N–H and O–H groups in total. The van der Waals surface area contributed by atoms with Crippen molar-refractivity contribution < 1.29 is 0 Å². The van der Waals surface area contributed by atoms with Crippen LogP contribution >= 0.6 is 0 Å². The summed E-state index contributed by atoms with van der Waals surface area (Å²) < 4.78 is 14.3. The van der Waals surface area contributed by atoms with E-state index in [0.717, 1.165) is 17.1 Å². The third-order valence-electron chi connectivity index (χ3n) is 23.1. The standard InChI is InChI=1S/C54H35N3.C36H24N2.C18H13N/c1-4-14-40(15-5-1)55-49-22-12-10-20-43(49)45-28-24-36(32-51(45)55)38-26-30-47-48-31-27-39(35-54(48)57(53(47)34-38)42-18-8-3-9-19-42)37-25-29-46-44-21-11-13-23-50(44)56(52(46)33-37)41-16-6-2-7-17-41;1-3-11-27(12-4-1)37-33-17-9-7-15-29(33)31-21-19-25(23-35(31)37)26-20-22-32-30-16-8-10-18-34(30)38(36(32)24-26)28-13-5-2-6-14-28;1-2-8-14(9-3-1)19-17-12-6-4-10-15(17)16-11-5-7-13-18(16)19/h1-35H;1-24H;1-13H. The molecule has 18 aromatic carbocycles. The fourth-order valence-corrected chi connectivity index (χ4v) is 18.0. The number of aromatic nitrogens is 6. The lowest BCUT2D eigenvalue weighted by Gasteiger charge is -2.11. The fourth-order valence-electron chi connectivity index (χ4n) is 18.0. The highest BCUT2D eigenvalue weighted by atomic mass is 15.0. The smallest absolute Gasteiger partial charge is 0.0547 e. The molecule has 0 saturated carbocycles. The van der Waals surface area contributed by atoms with Crippen LogP contribution in [-0.4, -0.2) is 27.4 Å². The van der Waals surface area contributed by atoms with Crippen LogP contribution in [0.25, 0.3) is 198 Å². The van der Waals surface area contributed by atoms with Gasteiger partial charge < -0.3 is 27.4 Å². The molecule has 114 heavy (non-hydrogen) atoms. The summed E-state index contributed by atoms with van der Waals surface area (Å²) in [7, 11) is 0. The molecule has 534 valence electrons. The number of para-hydroxylation sites is 12. The van der Waals surface area contributed by atoms with Crippen LogP contribution in [0.1, 0.15) is 0 Å². The molecule has 0 fully saturated rings. The molecule has 0 bridgehead atoms. The molecule has 0 amide bonds. The normalized spacial score (nSPS) is 11.7. The summed E-state index contributed by atoms with van der Waals surface area (Å²) in [5, 5.41) is 15.2. The molecule has 0 aliphatic carbocycles.